The Morgan fingerprint density at radius 1 is 1.25 bits per heavy atom. The number of rotatable bonds is 2. The summed E-state index contributed by atoms with van der Waals surface area (Å²) in [7, 11) is 0. The van der Waals surface area contributed by atoms with Crippen LogP contribution in [0.3, 0.4) is 0 Å². The fraction of sp³-hybridized carbons (Fsp3) is 0.762. The Balaban J connectivity index is 1.39. The smallest absolute Gasteiger partial charge is 0.286 e. The van der Waals surface area contributed by atoms with Gasteiger partial charge in [-0.2, -0.15) is 13.2 Å². The molecule has 28 heavy (non-hydrogen) atoms. The molecular formula is C21H26F3NO2S. The first-order valence-corrected chi connectivity index (χ1v) is 11.4. The number of allylic oxidation sites excluding steroid dienone is 4. The third-order valence-electron chi connectivity index (χ3n) is 7.91. The number of thioether (sulfide) groups is 1. The third-order valence-corrected chi connectivity index (χ3v) is 8.97. The Hall–Kier alpha value is -0.790. The van der Waals surface area contributed by atoms with Crippen LogP contribution < -0.4 is 5.48 Å². The van der Waals surface area contributed by atoms with E-state index < -0.39 is 22.6 Å². The number of alkyl halides is 3. The first-order chi connectivity index (χ1) is 13.4. The van der Waals surface area contributed by atoms with Crippen LogP contribution in [0.2, 0.25) is 0 Å². The fourth-order valence-electron chi connectivity index (χ4n) is 6.97. The molecule has 154 valence electrons. The molecule has 1 heterocycles. The third kappa shape index (κ3) is 2.91. The monoisotopic (exact) mass is 413 g/mol. The summed E-state index contributed by atoms with van der Waals surface area (Å²) in [5, 5.41) is -0.417. The molecule has 4 aliphatic carbocycles. The van der Waals surface area contributed by atoms with Crippen LogP contribution in [0.1, 0.15) is 38.5 Å². The van der Waals surface area contributed by atoms with Crippen LogP contribution in [0.5, 0.6) is 0 Å². The molecule has 0 bridgehead atoms. The van der Waals surface area contributed by atoms with Gasteiger partial charge in [0.15, 0.2) is 5.60 Å². The molecule has 0 aromatic carbocycles. The van der Waals surface area contributed by atoms with E-state index in [4.69, 9.17) is 4.84 Å². The number of hydrogen-bond acceptors (Lipinski definition) is 4. The van der Waals surface area contributed by atoms with Gasteiger partial charge in [0.1, 0.15) is 0 Å². The van der Waals surface area contributed by atoms with Crippen molar-refractivity contribution < 1.29 is 22.8 Å². The van der Waals surface area contributed by atoms with Gasteiger partial charge in [-0.3, -0.25) is 9.63 Å². The molecule has 0 aromatic rings. The molecule has 4 fully saturated rings. The van der Waals surface area contributed by atoms with Gasteiger partial charge in [0.25, 0.3) is 0 Å². The van der Waals surface area contributed by atoms with E-state index in [9.17, 15) is 18.0 Å². The van der Waals surface area contributed by atoms with E-state index in [1.807, 2.05) is 0 Å². The fourth-order valence-corrected chi connectivity index (χ4v) is 7.85. The van der Waals surface area contributed by atoms with Crippen molar-refractivity contribution in [3.63, 3.8) is 0 Å². The second kappa shape index (κ2) is 6.88. The summed E-state index contributed by atoms with van der Waals surface area (Å²) in [6, 6.07) is 0. The molecule has 7 unspecified atom stereocenters. The normalized spacial score (nSPS) is 44.3. The highest BCUT2D eigenvalue weighted by Gasteiger charge is 2.66. The van der Waals surface area contributed by atoms with Crippen LogP contribution in [0.15, 0.2) is 23.8 Å². The average molecular weight is 414 g/mol. The SMILES string of the molecule is O=C(SCC(F)(F)F)C12ONCC1CC1C3CCC4=CCC=CC4C3CCC12. The molecule has 5 aliphatic rings. The zero-order valence-electron chi connectivity index (χ0n) is 15.7. The second-order valence-electron chi connectivity index (χ2n) is 9.05. The van der Waals surface area contributed by atoms with Crippen molar-refractivity contribution in [1.82, 2.24) is 5.48 Å². The van der Waals surface area contributed by atoms with Crippen molar-refractivity contribution in [3.8, 4) is 0 Å². The lowest BCUT2D eigenvalue weighted by molar-refractivity contribution is -0.151. The Kier molecular flexibility index (Phi) is 4.71. The first kappa shape index (κ1) is 19.2. The van der Waals surface area contributed by atoms with E-state index in [0.29, 0.717) is 42.0 Å². The lowest BCUT2D eigenvalue weighted by atomic mass is 9.56. The number of halogens is 3. The van der Waals surface area contributed by atoms with Crippen molar-refractivity contribution in [1.29, 1.82) is 0 Å². The predicted molar refractivity (Wildman–Crippen MR) is 101 cm³/mol. The quantitative estimate of drug-likeness (QED) is 0.669. The molecule has 5 rings (SSSR count). The highest BCUT2D eigenvalue weighted by atomic mass is 32.2. The molecular weight excluding hydrogens is 387 g/mol. The van der Waals surface area contributed by atoms with E-state index in [-0.39, 0.29) is 11.8 Å². The van der Waals surface area contributed by atoms with E-state index in [2.05, 4.69) is 23.7 Å². The van der Waals surface area contributed by atoms with Crippen LogP contribution in [-0.2, 0) is 9.63 Å². The van der Waals surface area contributed by atoms with Crippen molar-refractivity contribution in [3.05, 3.63) is 23.8 Å². The molecule has 1 saturated heterocycles. The topological polar surface area (TPSA) is 38.3 Å². The summed E-state index contributed by atoms with van der Waals surface area (Å²) in [5.41, 5.74) is 3.37. The van der Waals surface area contributed by atoms with Gasteiger partial charge < -0.3 is 0 Å². The van der Waals surface area contributed by atoms with Gasteiger partial charge in [0.05, 0.1) is 5.75 Å². The minimum atomic E-state index is -4.34. The Morgan fingerprint density at radius 3 is 2.93 bits per heavy atom. The molecule has 7 heteroatoms. The lowest BCUT2D eigenvalue weighted by Crippen LogP contribution is -2.51. The number of carbonyl (C=O) groups is 1. The van der Waals surface area contributed by atoms with Gasteiger partial charge in [-0.05, 0) is 56.3 Å². The van der Waals surface area contributed by atoms with Crippen LogP contribution in [0.4, 0.5) is 13.2 Å². The summed E-state index contributed by atoms with van der Waals surface area (Å²) < 4.78 is 38.1. The Bertz CT molecular complexity index is 721. The maximum absolute atomic E-state index is 13.0. The van der Waals surface area contributed by atoms with Gasteiger partial charge >= 0.3 is 6.18 Å². The summed E-state index contributed by atoms with van der Waals surface area (Å²) in [5.74, 6) is 0.981. The van der Waals surface area contributed by atoms with Crippen molar-refractivity contribution in [2.45, 2.75) is 50.3 Å². The van der Waals surface area contributed by atoms with Crippen molar-refractivity contribution >= 4 is 16.9 Å². The molecule has 0 amide bonds. The number of hydrogen-bond donors (Lipinski definition) is 1. The minimum Gasteiger partial charge on any atom is -0.286 e. The Morgan fingerprint density at radius 2 is 2.11 bits per heavy atom. The molecule has 7 atom stereocenters. The van der Waals surface area contributed by atoms with E-state index in [0.717, 1.165) is 38.5 Å². The first-order valence-electron chi connectivity index (χ1n) is 10.4. The standard InChI is InChI=1S/C21H26F3NO2S/c22-20(23,24)11-28-19(26)21-13(10-25-27-21)9-17-16-6-5-12-3-1-2-4-14(12)15(16)7-8-18(17)21/h2-4,13-18,25H,1,5-11H2. The average Bonchev–Trinajstić information content (AvgIpc) is 3.22. The molecule has 0 radical (unpaired) electrons. The Labute approximate surface area is 167 Å². The van der Waals surface area contributed by atoms with Crippen molar-refractivity contribution in [2.24, 2.45) is 35.5 Å². The molecule has 1 N–H and O–H groups in total. The van der Waals surface area contributed by atoms with E-state index in [1.54, 1.807) is 5.57 Å². The minimum absolute atomic E-state index is 0.00618. The molecule has 3 nitrogen and oxygen atoms in total. The number of fused-ring (bicyclic) bond motifs is 7. The van der Waals surface area contributed by atoms with Crippen LogP contribution >= 0.6 is 11.8 Å². The van der Waals surface area contributed by atoms with E-state index >= 15 is 0 Å². The zero-order valence-corrected chi connectivity index (χ0v) is 16.5. The van der Waals surface area contributed by atoms with Gasteiger partial charge in [0.2, 0.25) is 5.12 Å². The number of nitrogens with one attached hydrogen (secondary N) is 1. The summed E-state index contributed by atoms with van der Waals surface area (Å²) in [6.07, 6.45) is 8.77. The van der Waals surface area contributed by atoms with Gasteiger partial charge in [-0.15, -0.1) is 0 Å². The van der Waals surface area contributed by atoms with E-state index in [1.165, 1.54) is 0 Å². The van der Waals surface area contributed by atoms with Crippen molar-refractivity contribution in [2.75, 3.05) is 12.3 Å². The second-order valence-corrected chi connectivity index (χ2v) is 10.00. The van der Waals surface area contributed by atoms with Crippen LogP contribution in [0.25, 0.3) is 0 Å². The predicted octanol–water partition coefficient (Wildman–Crippen LogP) is 4.66. The highest BCUT2D eigenvalue weighted by Crippen LogP contribution is 2.62. The molecule has 0 spiro atoms. The molecule has 0 aromatic heterocycles. The van der Waals surface area contributed by atoms with Crippen LogP contribution in [-0.4, -0.2) is 29.2 Å². The zero-order chi connectivity index (χ0) is 19.5. The molecule has 1 aliphatic heterocycles. The maximum atomic E-state index is 13.0. The van der Waals surface area contributed by atoms with Crippen LogP contribution in [0, 0.1) is 35.5 Å². The number of carbonyl (C=O) groups excluding carboxylic acids is 1. The summed E-state index contributed by atoms with van der Waals surface area (Å²) in [6.45, 7) is 0.567. The largest absolute Gasteiger partial charge is 0.398 e. The van der Waals surface area contributed by atoms with Gasteiger partial charge in [-0.1, -0.05) is 35.6 Å². The van der Waals surface area contributed by atoms with Gasteiger partial charge in [0, 0.05) is 24.3 Å². The summed E-state index contributed by atoms with van der Waals surface area (Å²) >= 11 is 0.402. The lowest BCUT2D eigenvalue weighted by Gasteiger charge is -2.49. The summed E-state index contributed by atoms with van der Waals surface area (Å²) in [4.78, 5) is 18.9. The highest BCUT2D eigenvalue weighted by molar-refractivity contribution is 8.13. The van der Waals surface area contributed by atoms with Gasteiger partial charge in [-0.25, -0.2) is 5.48 Å². The number of hydroxylamine groups is 1. The maximum Gasteiger partial charge on any atom is 0.398 e. The molecule has 3 saturated carbocycles.